The molecular formula is C10H21NOS. The third kappa shape index (κ3) is 4.55. The van der Waals surface area contributed by atoms with Crippen LogP contribution in [0.2, 0.25) is 0 Å². The van der Waals surface area contributed by atoms with Gasteiger partial charge in [0.1, 0.15) is 11.0 Å². The van der Waals surface area contributed by atoms with Gasteiger partial charge in [-0.25, -0.2) is 4.21 Å². The number of hydrogen-bond donors (Lipinski definition) is 0. The monoisotopic (exact) mass is 203 g/mol. The van der Waals surface area contributed by atoms with Crippen LogP contribution in [-0.2, 0) is 11.0 Å². The fourth-order valence-electron chi connectivity index (χ4n) is 0.822. The van der Waals surface area contributed by atoms with E-state index in [1.54, 1.807) is 0 Å². The lowest BCUT2D eigenvalue weighted by atomic mass is 10.1. The molecule has 0 amide bonds. The molecule has 0 saturated heterocycles. The lowest BCUT2D eigenvalue weighted by molar-refractivity contribution is 0.650. The Kier molecular flexibility index (Phi) is 4.82. The highest BCUT2D eigenvalue weighted by Gasteiger charge is 2.19. The van der Waals surface area contributed by atoms with Crippen molar-refractivity contribution >= 4 is 16.7 Å². The van der Waals surface area contributed by atoms with E-state index in [4.69, 9.17) is 0 Å². The van der Waals surface area contributed by atoms with E-state index in [1.165, 1.54) is 0 Å². The van der Waals surface area contributed by atoms with E-state index in [9.17, 15) is 4.21 Å². The molecule has 13 heavy (non-hydrogen) atoms. The van der Waals surface area contributed by atoms with Gasteiger partial charge >= 0.3 is 0 Å². The Labute approximate surface area is 84.4 Å². The molecule has 0 bridgehead atoms. The molecule has 0 aromatic heterocycles. The molecule has 0 saturated carbocycles. The Balaban J connectivity index is 4.62. The third-order valence-corrected chi connectivity index (χ3v) is 3.20. The predicted molar refractivity (Wildman–Crippen MR) is 60.5 cm³/mol. The summed E-state index contributed by atoms with van der Waals surface area (Å²) in [6.45, 7) is 12.1. The number of rotatable bonds is 3. The molecule has 1 atom stereocenters. The topological polar surface area (TPSA) is 29.4 Å². The summed E-state index contributed by atoms with van der Waals surface area (Å²) in [5, 5.41) is 0. The molecule has 0 aliphatic heterocycles. The average Bonchev–Trinajstić information content (AvgIpc) is 1.96. The van der Waals surface area contributed by atoms with E-state index in [0.29, 0.717) is 5.92 Å². The first-order chi connectivity index (χ1) is 5.79. The van der Waals surface area contributed by atoms with Gasteiger partial charge in [-0.15, -0.1) is 0 Å². The van der Waals surface area contributed by atoms with Crippen LogP contribution < -0.4 is 0 Å². The van der Waals surface area contributed by atoms with Crippen LogP contribution in [-0.4, -0.2) is 14.7 Å². The standard InChI is InChI=1S/C10H21NOS/c1-7-9(8(2)3)11-13(12)10(4,5)6/h8H,7H2,1-6H3/b11-9+/t13-/m1/s1. The highest BCUT2D eigenvalue weighted by Crippen LogP contribution is 2.14. The molecule has 0 aliphatic carbocycles. The van der Waals surface area contributed by atoms with Crippen LogP contribution in [0, 0.1) is 5.92 Å². The molecule has 3 heteroatoms. The summed E-state index contributed by atoms with van der Waals surface area (Å²) in [4.78, 5) is 0. The summed E-state index contributed by atoms with van der Waals surface area (Å²) in [6.07, 6.45) is 0.888. The summed E-state index contributed by atoms with van der Waals surface area (Å²) >= 11 is 0. The molecule has 78 valence electrons. The fourth-order valence-corrected chi connectivity index (χ4v) is 1.65. The van der Waals surface area contributed by atoms with Crippen LogP contribution >= 0.6 is 0 Å². The zero-order chi connectivity index (χ0) is 10.6. The van der Waals surface area contributed by atoms with E-state index in [1.807, 2.05) is 20.8 Å². The first-order valence-electron chi connectivity index (χ1n) is 4.78. The van der Waals surface area contributed by atoms with Gasteiger partial charge in [-0.2, -0.15) is 4.40 Å². The molecule has 0 aliphatic rings. The van der Waals surface area contributed by atoms with Gasteiger partial charge in [-0.3, -0.25) is 0 Å². The van der Waals surface area contributed by atoms with Gasteiger partial charge < -0.3 is 0 Å². The summed E-state index contributed by atoms with van der Waals surface area (Å²) in [5.41, 5.74) is 1.05. The van der Waals surface area contributed by atoms with Gasteiger partial charge in [0.2, 0.25) is 0 Å². The van der Waals surface area contributed by atoms with Crippen molar-refractivity contribution in [2.24, 2.45) is 10.3 Å². The van der Waals surface area contributed by atoms with Crippen LogP contribution in [0.5, 0.6) is 0 Å². The summed E-state index contributed by atoms with van der Waals surface area (Å²) in [5.74, 6) is 0.399. The van der Waals surface area contributed by atoms with Gasteiger partial charge in [0.15, 0.2) is 0 Å². The second kappa shape index (κ2) is 4.89. The number of nitrogens with zero attached hydrogens (tertiary/aromatic N) is 1. The smallest absolute Gasteiger partial charge is 0.144 e. The third-order valence-electron chi connectivity index (χ3n) is 1.75. The predicted octanol–water partition coefficient (Wildman–Crippen LogP) is 2.96. The molecule has 0 unspecified atom stereocenters. The minimum atomic E-state index is -1.10. The zero-order valence-corrected chi connectivity index (χ0v) is 10.4. The fraction of sp³-hybridized carbons (Fsp3) is 0.900. The van der Waals surface area contributed by atoms with Gasteiger partial charge in [0, 0.05) is 5.71 Å². The molecular weight excluding hydrogens is 182 g/mol. The second-order valence-electron chi connectivity index (χ2n) is 4.45. The SMILES string of the molecule is CC/C(=N\[S@](=O)C(C)(C)C)C(C)C. The van der Waals surface area contributed by atoms with Crippen LogP contribution in [0.25, 0.3) is 0 Å². The minimum absolute atomic E-state index is 0.241. The van der Waals surface area contributed by atoms with Gasteiger partial charge in [-0.05, 0) is 33.1 Å². The summed E-state index contributed by atoms with van der Waals surface area (Å²) in [6, 6.07) is 0. The number of hydrogen-bond acceptors (Lipinski definition) is 1. The van der Waals surface area contributed by atoms with E-state index < -0.39 is 11.0 Å². The van der Waals surface area contributed by atoms with E-state index in [-0.39, 0.29) is 4.75 Å². The maximum atomic E-state index is 11.7. The van der Waals surface area contributed by atoms with Gasteiger partial charge in [-0.1, -0.05) is 20.8 Å². The van der Waals surface area contributed by atoms with Crippen molar-refractivity contribution in [3.63, 3.8) is 0 Å². The van der Waals surface area contributed by atoms with Crippen molar-refractivity contribution in [3.05, 3.63) is 0 Å². The van der Waals surface area contributed by atoms with Crippen molar-refractivity contribution in [1.82, 2.24) is 0 Å². The zero-order valence-electron chi connectivity index (χ0n) is 9.55. The normalized spacial score (nSPS) is 16.4. The summed E-state index contributed by atoms with van der Waals surface area (Å²) < 4.78 is 15.7. The Morgan fingerprint density at radius 1 is 1.38 bits per heavy atom. The maximum absolute atomic E-state index is 11.7. The van der Waals surface area contributed by atoms with Crippen molar-refractivity contribution in [2.75, 3.05) is 0 Å². The van der Waals surface area contributed by atoms with Gasteiger partial charge in [0.25, 0.3) is 0 Å². The Hall–Kier alpha value is -0.180. The van der Waals surface area contributed by atoms with E-state index in [0.717, 1.165) is 12.1 Å². The van der Waals surface area contributed by atoms with Crippen LogP contribution in [0.3, 0.4) is 0 Å². The van der Waals surface area contributed by atoms with Crippen molar-refractivity contribution < 1.29 is 4.21 Å². The average molecular weight is 203 g/mol. The Morgan fingerprint density at radius 3 is 2.08 bits per heavy atom. The minimum Gasteiger partial charge on any atom is -0.234 e. The van der Waals surface area contributed by atoms with Crippen molar-refractivity contribution in [2.45, 2.75) is 52.7 Å². The van der Waals surface area contributed by atoms with Gasteiger partial charge in [0.05, 0.1) is 4.75 Å². The highest BCUT2D eigenvalue weighted by atomic mass is 32.2. The Morgan fingerprint density at radius 2 is 1.85 bits per heavy atom. The van der Waals surface area contributed by atoms with E-state index >= 15 is 0 Å². The lowest BCUT2D eigenvalue weighted by Gasteiger charge is -2.15. The van der Waals surface area contributed by atoms with Crippen LogP contribution in [0.15, 0.2) is 4.40 Å². The van der Waals surface area contributed by atoms with Crippen molar-refractivity contribution in [3.8, 4) is 0 Å². The second-order valence-corrected chi connectivity index (χ2v) is 6.36. The first kappa shape index (κ1) is 12.8. The summed E-state index contributed by atoms with van der Waals surface area (Å²) in [7, 11) is -1.10. The Bertz CT molecular complexity index is 213. The molecule has 0 heterocycles. The maximum Gasteiger partial charge on any atom is 0.144 e. The lowest BCUT2D eigenvalue weighted by Crippen LogP contribution is -2.21. The molecule has 0 aromatic rings. The molecule has 2 nitrogen and oxygen atoms in total. The molecule has 0 aromatic carbocycles. The molecule has 0 rings (SSSR count). The molecule has 0 fully saturated rings. The molecule has 0 radical (unpaired) electrons. The van der Waals surface area contributed by atoms with Crippen molar-refractivity contribution in [1.29, 1.82) is 0 Å². The highest BCUT2D eigenvalue weighted by molar-refractivity contribution is 7.85. The van der Waals surface area contributed by atoms with Crippen LogP contribution in [0.4, 0.5) is 0 Å². The van der Waals surface area contributed by atoms with E-state index in [2.05, 4.69) is 25.2 Å². The van der Waals surface area contributed by atoms with Crippen LogP contribution in [0.1, 0.15) is 48.0 Å². The largest absolute Gasteiger partial charge is 0.234 e. The molecule has 0 N–H and O–H groups in total. The first-order valence-corrected chi connectivity index (χ1v) is 5.89. The quantitative estimate of drug-likeness (QED) is 0.648. The molecule has 0 spiro atoms.